The number of hydrogen-bond donors (Lipinski definition) is 2. The summed E-state index contributed by atoms with van der Waals surface area (Å²) in [6.07, 6.45) is 15.2. The van der Waals surface area contributed by atoms with Crippen molar-refractivity contribution in [3.63, 3.8) is 0 Å². The summed E-state index contributed by atoms with van der Waals surface area (Å²) < 4.78 is 235. The van der Waals surface area contributed by atoms with Crippen LogP contribution in [-0.2, 0) is 51.2 Å². The van der Waals surface area contributed by atoms with Gasteiger partial charge in [-0.05, 0) is 50.5 Å². The van der Waals surface area contributed by atoms with Crippen molar-refractivity contribution in [3.05, 3.63) is 110 Å². The minimum absolute atomic E-state index is 0.221. The van der Waals surface area contributed by atoms with Crippen LogP contribution in [0, 0.1) is 20.8 Å². The average Bonchev–Trinajstić information content (AvgIpc) is 3.06. The molecule has 0 bridgehead atoms. The second-order valence-electron chi connectivity index (χ2n) is 12.5. The topological polar surface area (TPSA) is 230 Å². The molecule has 2 N–H and O–H groups in total. The predicted molar refractivity (Wildman–Crippen MR) is 192 cm³/mol. The Kier molecular flexibility index (Phi) is 16.3. The molecule has 4 rings (SSSR count). The summed E-state index contributed by atoms with van der Waals surface area (Å²) in [7, 11) is -31.2. The van der Waals surface area contributed by atoms with Gasteiger partial charge in [-0.15, -0.1) is 0 Å². The molecule has 1 aliphatic carbocycles. The van der Waals surface area contributed by atoms with E-state index in [1.807, 2.05) is 41.2 Å². The second-order valence-corrected chi connectivity index (χ2v) is 21.3. The number of allylic oxidation sites excluding steroid dienone is 4. The molecule has 2 aromatic heterocycles. The molecular weight excluding hydrogens is 980 g/mol. The molecule has 1 atom stereocenters. The van der Waals surface area contributed by atoms with E-state index >= 15 is 0 Å². The highest BCUT2D eigenvalue weighted by molar-refractivity contribution is 8.13. The van der Waals surface area contributed by atoms with E-state index in [0.29, 0.717) is 6.42 Å². The van der Waals surface area contributed by atoms with Crippen LogP contribution in [0.15, 0.2) is 85.5 Å². The molecule has 0 fully saturated rings. The van der Waals surface area contributed by atoms with E-state index in [2.05, 4.69) is 62.0 Å². The number of hydrogen-bond acceptors (Lipinski definition) is 9. The van der Waals surface area contributed by atoms with E-state index in [0.717, 1.165) is 19.4 Å². The molecular formula is C30H29F12N4O11PS4. The molecule has 0 saturated heterocycles. The molecule has 3 aromatic rings. The zero-order valence-electron chi connectivity index (χ0n) is 31.0. The molecule has 348 valence electrons. The van der Waals surface area contributed by atoms with Crippen molar-refractivity contribution in [2.75, 3.05) is 0 Å². The quantitative estimate of drug-likeness (QED) is 0.135. The molecule has 2 heterocycles. The molecule has 15 nitrogen and oxygen atoms in total. The Morgan fingerprint density at radius 3 is 1.24 bits per heavy atom. The first-order valence-electron chi connectivity index (χ1n) is 15.8. The summed E-state index contributed by atoms with van der Waals surface area (Å²) in [4.78, 5) is 19.9. The average molecular weight is 1010 g/mol. The normalized spacial score (nSPS) is 16.8. The van der Waals surface area contributed by atoms with Gasteiger partial charge in [0.25, 0.3) is 0 Å². The molecule has 32 heteroatoms. The van der Waals surface area contributed by atoms with Crippen molar-refractivity contribution < 1.29 is 110 Å². The van der Waals surface area contributed by atoms with Crippen LogP contribution in [0.3, 0.4) is 0 Å². The van der Waals surface area contributed by atoms with E-state index < -0.39 is 74.9 Å². The van der Waals surface area contributed by atoms with E-state index in [1.54, 1.807) is 12.2 Å². The lowest BCUT2D eigenvalue weighted by atomic mass is 9.99. The number of aromatic nitrogens is 2. The Labute approximate surface area is 344 Å². The van der Waals surface area contributed by atoms with Gasteiger partial charge >= 0.3 is 29.6 Å². The van der Waals surface area contributed by atoms with Crippen molar-refractivity contribution in [1.82, 2.24) is 0 Å². The molecule has 0 aliphatic heterocycles. The van der Waals surface area contributed by atoms with Gasteiger partial charge in [0.2, 0.25) is 5.69 Å². The largest absolute Gasteiger partial charge is 0.480 e. The Balaban J connectivity index is 0.000000370. The third-order valence-electron chi connectivity index (χ3n) is 7.67. The lowest BCUT2D eigenvalue weighted by Crippen LogP contribution is -2.46. The number of rotatable bonds is 9. The summed E-state index contributed by atoms with van der Waals surface area (Å²) in [5.41, 5.74) is -17.7. The number of nitrogens with zero attached hydrogens (tertiary/aromatic N) is 4. The molecule has 1 unspecified atom stereocenters. The van der Waals surface area contributed by atoms with Crippen LogP contribution in [0.1, 0.15) is 23.1 Å². The number of halogens is 12. The summed E-state index contributed by atoms with van der Waals surface area (Å²) in [5, 5.41) is -1.20. The number of pyridine rings is 2. The lowest BCUT2D eigenvalue weighted by molar-refractivity contribution is -0.699. The Bertz CT molecular complexity index is 2470. The van der Waals surface area contributed by atoms with Crippen LogP contribution in [0.25, 0.3) is 25.1 Å². The van der Waals surface area contributed by atoms with Crippen LogP contribution in [0.5, 0.6) is 0 Å². The van der Waals surface area contributed by atoms with Gasteiger partial charge in [0.15, 0.2) is 76.6 Å². The van der Waals surface area contributed by atoms with Crippen molar-refractivity contribution in [2.24, 2.45) is 0 Å². The molecule has 62 heavy (non-hydrogen) atoms. The third-order valence-corrected chi connectivity index (χ3v) is 14.8. The van der Waals surface area contributed by atoms with Gasteiger partial charge in [0, 0.05) is 35.4 Å². The lowest BCUT2D eigenvalue weighted by Gasteiger charge is -2.28. The summed E-state index contributed by atoms with van der Waals surface area (Å²) in [6.45, 7) is 6.60. The summed E-state index contributed by atoms with van der Waals surface area (Å²) >= 11 is 0. The van der Waals surface area contributed by atoms with Gasteiger partial charge in [-0.3, -0.25) is 4.57 Å². The fraction of sp³-hybridized carbons (Fsp3) is 0.333. The number of benzene rings is 1. The smallest absolute Gasteiger partial charge is 0.421 e. The van der Waals surface area contributed by atoms with E-state index in [4.69, 9.17) is 0 Å². The molecule has 1 aliphatic rings. The van der Waals surface area contributed by atoms with Crippen molar-refractivity contribution in [3.8, 4) is 16.8 Å². The monoisotopic (exact) mass is 1010 g/mol. The highest BCUT2D eigenvalue weighted by Crippen LogP contribution is 2.54. The first-order chi connectivity index (χ1) is 27.6. The number of sulfonamides is 4. The minimum atomic E-state index is -6.72. The molecule has 0 saturated carbocycles. The number of aryl methyl sites for hydroxylation is 3. The van der Waals surface area contributed by atoms with Crippen molar-refractivity contribution in [2.45, 2.75) is 60.9 Å². The van der Waals surface area contributed by atoms with E-state index in [9.17, 15) is 101 Å². The maximum Gasteiger partial charge on any atom is 0.480 e. The van der Waals surface area contributed by atoms with Crippen molar-refractivity contribution >= 4 is 47.7 Å². The first-order valence-corrected chi connectivity index (χ1v) is 23.2. The maximum atomic E-state index is 12.2. The fourth-order valence-electron chi connectivity index (χ4n) is 4.93. The van der Waals surface area contributed by atoms with Gasteiger partial charge < -0.3 is 18.0 Å². The number of alkyl halides is 12. The Morgan fingerprint density at radius 1 is 0.613 bits per heavy atom. The predicted octanol–water partition coefficient (Wildman–Crippen LogP) is 6.39. The van der Waals surface area contributed by atoms with Crippen molar-refractivity contribution in [1.29, 1.82) is 0 Å². The third kappa shape index (κ3) is 13.5. The fourth-order valence-corrected chi connectivity index (χ4v) is 9.32. The Morgan fingerprint density at radius 2 is 0.952 bits per heavy atom. The van der Waals surface area contributed by atoms with Gasteiger partial charge in [0.1, 0.15) is 0 Å². The van der Waals surface area contributed by atoms with Crippen LogP contribution in [-0.4, -0.2) is 70.6 Å². The van der Waals surface area contributed by atoms with Crippen LogP contribution < -0.4 is 9.13 Å². The van der Waals surface area contributed by atoms with E-state index in [1.165, 1.54) is 22.4 Å². The summed E-state index contributed by atoms with van der Waals surface area (Å²) in [5.74, 6) is 0. The van der Waals surface area contributed by atoms with Gasteiger partial charge in [-0.1, -0.05) is 29.9 Å². The second kappa shape index (κ2) is 18.6. The van der Waals surface area contributed by atoms with Gasteiger partial charge in [-0.2, -0.15) is 57.3 Å². The van der Waals surface area contributed by atoms with Crippen LogP contribution in [0.4, 0.5) is 52.7 Å². The summed E-state index contributed by atoms with van der Waals surface area (Å²) in [6, 6.07) is 12.5. The van der Waals surface area contributed by atoms with Crippen LogP contribution in [0.2, 0.25) is 0 Å². The highest BCUT2D eigenvalue weighted by atomic mass is 32.3. The Hall–Kier alpha value is -3.97. The minimum Gasteiger partial charge on any atom is -0.421 e. The first kappa shape index (κ1) is 54.2. The van der Waals surface area contributed by atoms with E-state index in [-0.39, 0.29) is 6.54 Å². The maximum absolute atomic E-state index is 12.2. The van der Waals surface area contributed by atoms with Crippen LogP contribution >= 0.6 is 7.60 Å². The molecule has 0 amide bonds. The molecule has 1 aromatic carbocycles. The van der Waals surface area contributed by atoms with Gasteiger partial charge in [-0.25, -0.2) is 38.2 Å². The van der Waals surface area contributed by atoms with Gasteiger partial charge in [0.05, 0.1) is 0 Å². The SMILES string of the molecule is Cc1cc(C)c(-[n+]2ccc(-c3cc[n+](CC4(P(=O)(O)O)C=CC=CC4)cc3)cc2)c(C)c1.O=S(=O)([N-]S(=O)(=O)C(F)(F)F)C(F)(F)F.O=S(=O)([N-]S(=O)(=O)C(F)(F)F)C(F)(F)F. The molecule has 0 radical (unpaired) electrons. The highest BCUT2D eigenvalue weighted by Gasteiger charge is 2.49. The molecule has 0 spiro atoms. The zero-order chi connectivity index (χ0) is 48.3. The standard InChI is InChI=1S/C26H27N2O3P.2C2F6NO4S2/c1-20-17-21(2)25(22(3)18-20)28-15-9-24(10-16-28)23-7-13-27(14-8-23)19-26(32(29,30)31)11-5-4-6-12-26;2*3-1(4,5)14(10,11)9-15(12,13)2(6,7)8/h4-11,13-18H,12,19H2,1-3H3;;/q;2*-1/p+2. The zero-order valence-corrected chi connectivity index (χ0v) is 35.1.